The minimum atomic E-state index is -0.517. The van der Waals surface area contributed by atoms with Gasteiger partial charge in [-0.05, 0) is 19.3 Å². The highest BCUT2D eigenvalue weighted by Gasteiger charge is 2.17. The van der Waals surface area contributed by atoms with E-state index in [9.17, 15) is 9.59 Å². The van der Waals surface area contributed by atoms with Crippen LogP contribution in [0.15, 0.2) is 0 Å². The molecule has 0 heterocycles. The van der Waals surface area contributed by atoms with Gasteiger partial charge in [-0.15, -0.1) is 0 Å². The fraction of sp³-hybridized carbons (Fsp3) is 0.951. The molecule has 0 amide bonds. The highest BCUT2D eigenvalue weighted by molar-refractivity contribution is 5.70. The van der Waals surface area contributed by atoms with Gasteiger partial charge in [-0.25, -0.2) is 0 Å². The van der Waals surface area contributed by atoms with E-state index in [4.69, 9.17) is 14.2 Å². The van der Waals surface area contributed by atoms with E-state index < -0.39 is 6.10 Å². The van der Waals surface area contributed by atoms with Crippen molar-refractivity contribution in [3.8, 4) is 0 Å². The Morgan fingerprint density at radius 3 is 1.11 bits per heavy atom. The first-order valence-corrected chi connectivity index (χ1v) is 20.6. The normalized spacial score (nSPS) is 12.0. The molecular formula is C41H80O5. The van der Waals surface area contributed by atoms with Crippen LogP contribution in [0.25, 0.3) is 0 Å². The van der Waals surface area contributed by atoms with Crippen molar-refractivity contribution in [3.63, 3.8) is 0 Å². The smallest absolute Gasteiger partial charge is 0.306 e. The van der Waals surface area contributed by atoms with Crippen LogP contribution in [0, 0.1) is 0 Å². The monoisotopic (exact) mass is 653 g/mol. The van der Waals surface area contributed by atoms with Crippen LogP contribution in [0.3, 0.4) is 0 Å². The van der Waals surface area contributed by atoms with Gasteiger partial charge in [0.25, 0.3) is 0 Å². The van der Waals surface area contributed by atoms with Gasteiger partial charge in [-0.1, -0.05) is 194 Å². The Labute approximate surface area is 287 Å². The standard InChI is InChI=1S/C41H80O5/c1-4-7-10-13-16-18-19-20-21-22-23-25-26-28-31-34-40(42)45-38-39(37-44-36-33-30-15-12-9-6-3)46-41(43)35-32-29-27-24-17-14-11-8-5-2/h39H,4-38H2,1-3H3. The number of hydrogen-bond acceptors (Lipinski definition) is 5. The largest absolute Gasteiger partial charge is 0.462 e. The predicted octanol–water partition coefficient (Wildman–Crippen LogP) is 13.0. The summed E-state index contributed by atoms with van der Waals surface area (Å²) in [6.45, 7) is 7.80. The Hall–Kier alpha value is -1.10. The van der Waals surface area contributed by atoms with Crippen LogP contribution in [-0.2, 0) is 23.8 Å². The van der Waals surface area contributed by atoms with Gasteiger partial charge in [-0.3, -0.25) is 9.59 Å². The van der Waals surface area contributed by atoms with Gasteiger partial charge in [0.1, 0.15) is 6.61 Å². The molecule has 0 aliphatic rings. The maximum Gasteiger partial charge on any atom is 0.306 e. The molecule has 0 N–H and O–H groups in total. The number of esters is 2. The van der Waals surface area contributed by atoms with E-state index in [1.165, 1.54) is 154 Å². The molecule has 0 aliphatic carbocycles. The molecule has 0 aromatic heterocycles. The number of carbonyl (C=O) groups is 2. The first-order chi connectivity index (χ1) is 22.6. The van der Waals surface area contributed by atoms with E-state index >= 15 is 0 Å². The average Bonchev–Trinajstić information content (AvgIpc) is 3.05. The van der Waals surface area contributed by atoms with Crippen LogP contribution in [0.5, 0.6) is 0 Å². The molecule has 1 unspecified atom stereocenters. The highest BCUT2D eigenvalue weighted by Crippen LogP contribution is 2.15. The number of rotatable bonds is 38. The van der Waals surface area contributed by atoms with E-state index in [0.717, 1.165) is 38.5 Å². The lowest BCUT2D eigenvalue weighted by Gasteiger charge is -2.18. The average molecular weight is 653 g/mol. The van der Waals surface area contributed by atoms with Crippen LogP contribution < -0.4 is 0 Å². The van der Waals surface area contributed by atoms with Gasteiger partial charge in [0.2, 0.25) is 0 Å². The Morgan fingerprint density at radius 1 is 0.391 bits per heavy atom. The fourth-order valence-electron chi connectivity index (χ4n) is 6.04. The third-order valence-corrected chi connectivity index (χ3v) is 9.14. The summed E-state index contributed by atoms with van der Waals surface area (Å²) in [5.41, 5.74) is 0. The number of carbonyl (C=O) groups excluding carboxylic acids is 2. The molecule has 0 radical (unpaired) electrons. The summed E-state index contributed by atoms with van der Waals surface area (Å²) in [6, 6.07) is 0. The molecule has 0 aromatic carbocycles. The van der Waals surface area contributed by atoms with Crippen molar-refractivity contribution in [2.24, 2.45) is 0 Å². The third-order valence-electron chi connectivity index (χ3n) is 9.14. The number of ether oxygens (including phenoxy) is 3. The molecule has 0 aromatic rings. The maximum absolute atomic E-state index is 12.6. The molecule has 0 bridgehead atoms. The van der Waals surface area contributed by atoms with E-state index in [0.29, 0.717) is 26.1 Å². The lowest BCUT2D eigenvalue weighted by atomic mass is 10.0. The second kappa shape index (κ2) is 38.3. The van der Waals surface area contributed by atoms with Gasteiger partial charge in [0.05, 0.1) is 6.61 Å². The Kier molecular flexibility index (Phi) is 37.4. The molecule has 0 fully saturated rings. The number of unbranched alkanes of at least 4 members (excludes halogenated alkanes) is 27. The Balaban J connectivity index is 4.05. The van der Waals surface area contributed by atoms with Crippen LogP contribution in [-0.4, -0.2) is 37.9 Å². The third kappa shape index (κ3) is 35.7. The van der Waals surface area contributed by atoms with Crippen LogP contribution in [0.1, 0.15) is 226 Å². The molecular weight excluding hydrogens is 572 g/mol. The Bertz CT molecular complexity index is 622. The van der Waals surface area contributed by atoms with Gasteiger partial charge in [0.15, 0.2) is 6.10 Å². The van der Waals surface area contributed by atoms with Gasteiger partial charge >= 0.3 is 11.9 Å². The van der Waals surface area contributed by atoms with Crippen molar-refractivity contribution in [1.29, 1.82) is 0 Å². The molecule has 274 valence electrons. The molecule has 0 saturated heterocycles. The topological polar surface area (TPSA) is 61.8 Å². The van der Waals surface area contributed by atoms with Crippen LogP contribution in [0.4, 0.5) is 0 Å². The number of hydrogen-bond donors (Lipinski definition) is 0. The van der Waals surface area contributed by atoms with Crippen molar-refractivity contribution in [2.75, 3.05) is 19.8 Å². The van der Waals surface area contributed by atoms with Crippen molar-refractivity contribution in [2.45, 2.75) is 232 Å². The second-order valence-electron chi connectivity index (χ2n) is 13.9. The quantitative estimate of drug-likeness (QED) is 0.0490. The van der Waals surface area contributed by atoms with E-state index in [-0.39, 0.29) is 18.5 Å². The van der Waals surface area contributed by atoms with Gasteiger partial charge in [0, 0.05) is 19.4 Å². The molecule has 0 spiro atoms. The molecule has 0 saturated carbocycles. The fourth-order valence-corrected chi connectivity index (χ4v) is 6.04. The summed E-state index contributed by atoms with van der Waals surface area (Å²) >= 11 is 0. The molecule has 46 heavy (non-hydrogen) atoms. The van der Waals surface area contributed by atoms with E-state index in [1.54, 1.807) is 0 Å². The van der Waals surface area contributed by atoms with Crippen molar-refractivity contribution >= 4 is 11.9 Å². The first kappa shape index (κ1) is 44.9. The second-order valence-corrected chi connectivity index (χ2v) is 13.9. The summed E-state index contributed by atoms with van der Waals surface area (Å²) in [5.74, 6) is -0.389. The zero-order chi connectivity index (χ0) is 33.6. The lowest BCUT2D eigenvalue weighted by molar-refractivity contribution is -0.163. The maximum atomic E-state index is 12.6. The minimum Gasteiger partial charge on any atom is -0.462 e. The van der Waals surface area contributed by atoms with Gasteiger partial charge in [-0.2, -0.15) is 0 Å². The summed E-state index contributed by atoms with van der Waals surface area (Å²) in [5, 5.41) is 0. The zero-order valence-corrected chi connectivity index (χ0v) is 31.4. The summed E-state index contributed by atoms with van der Waals surface area (Å²) in [4.78, 5) is 25.0. The molecule has 1 atom stereocenters. The predicted molar refractivity (Wildman–Crippen MR) is 196 cm³/mol. The molecule has 0 aliphatic heterocycles. The summed E-state index contributed by atoms with van der Waals surface area (Å²) < 4.78 is 17.1. The zero-order valence-electron chi connectivity index (χ0n) is 31.4. The van der Waals surface area contributed by atoms with Crippen LogP contribution >= 0.6 is 0 Å². The van der Waals surface area contributed by atoms with Crippen molar-refractivity contribution in [3.05, 3.63) is 0 Å². The SMILES string of the molecule is CCCCCCCCCCCCCCCCCC(=O)OCC(COCCCCCCCC)OC(=O)CCCCCCCCCCC. The summed E-state index contributed by atoms with van der Waals surface area (Å²) in [6.07, 6.45) is 38.2. The molecule has 5 heteroatoms. The minimum absolute atomic E-state index is 0.0948. The van der Waals surface area contributed by atoms with E-state index in [2.05, 4.69) is 20.8 Å². The van der Waals surface area contributed by atoms with Crippen LogP contribution in [0.2, 0.25) is 0 Å². The molecule has 0 rings (SSSR count). The van der Waals surface area contributed by atoms with E-state index in [1.807, 2.05) is 0 Å². The molecule has 5 nitrogen and oxygen atoms in total. The van der Waals surface area contributed by atoms with Crippen molar-refractivity contribution in [1.82, 2.24) is 0 Å². The van der Waals surface area contributed by atoms with Crippen molar-refractivity contribution < 1.29 is 23.8 Å². The van der Waals surface area contributed by atoms with Gasteiger partial charge < -0.3 is 14.2 Å². The first-order valence-electron chi connectivity index (χ1n) is 20.6. The Morgan fingerprint density at radius 2 is 0.717 bits per heavy atom. The lowest BCUT2D eigenvalue weighted by Crippen LogP contribution is -2.30. The summed E-state index contributed by atoms with van der Waals surface area (Å²) in [7, 11) is 0. The highest BCUT2D eigenvalue weighted by atomic mass is 16.6.